The Kier molecular flexibility index (Phi) is 10.5. The van der Waals surface area contributed by atoms with E-state index >= 15 is 0 Å². The molecule has 1 atom stereocenters. The van der Waals surface area contributed by atoms with E-state index in [1.165, 1.54) is 25.7 Å². The molecule has 0 amide bonds. The van der Waals surface area contributed by atoms with E-state index in [0.717, 1.165) is 12.8 Å². The van der Waals surface area contributed by atoms with E-state index in [2.05, 4.69) is 6.92 Å². The summed E-state index contributed by atoms with van der Waals surface area (Å²) in [5.41, 5.74) is 0. The molecule has 16 heavy (non-hydrogen) atoms. The van der Waals surface area contributed by atoms with Gasteiger partial charge in [-0.05, 0) is 19.8 Å². The van der Waals surface area contributed by atoms with Gasteiger partial charge in [0, 0.05) is 6.42 Å². The predicted octanol–water partition coefficient (Wildman–Crippen LogP) is 3.05. The van der Waals surface area contributed by atoms with Gasteiger partial charge in [-0.15, -0.1) is 0 Å². The van der Waals surface area contributed by atoms with Gasteiger partial charge in [0.15, 0.2) is 0 Å². The van der Waals surface area contributed by atoms with Crippen LogP contribution in [0.1, 0.15) is 65.2 Å². The third-order valence-electron chi connectivity index (χ3n) is 2.63. The molecule has 0 saturated heterocycles. The Morgan fingerprint density at radius 2 is 1.81 bits per heavy atom. The largest absolute Gasteiger partial charge is 0.466 e. The Balaban J connectivity index is 3.30. The molecule has 3 heteroatoms. The van der Waals surface area contributed by atoms with Gasteiger partial charge in [-0.2, -0.15) is 0 Å². The van der Waals surface area contributed by atoms with E-state index < -0.39 is 0 Å². The summed E-state index contributed by atoms with van der Waals surface area (Å²) in [5, 5.41) is 9.62. The van der Waals surface area contributed by atoms with Crippen molar-refractivity contribution >= 4 is 5.97 Å². The molecular formula is C13H26O3. The third-order valence-corrected chi connectivity index (χ3v) is 2.63. The lowest BCUT2D eigenvalue weighted by Crippen LogP contribution is -2.11. The van der Waals surface area contributed by atoms with Gasteiger partial charge in [0.1, 0.15) is 0 Å². The lowest BCUT2D eigenvalue weighted by atomic mass is 10.1. The summed E-state index contributed by atoms with van der Waals surface area (Å²) >= 11 is 0. The van der Waals surface area contributed by atoms with Crippen LogP contribution >= 0.6 is 0 Å². The molecule has 0 saturated carbocycles. The minimum Gasteiger partial charge on any atom is -0.466 e. The average Bonchev–Trinajstić information content (AvgIpc) is 2.26. The summed E-state index contributed by atoms with van der Waals surface area (Å²) in [6.45, 7) is 4.40. The lowest BCUT2D eigenvalue weighted by molar-refractivity contribution is -0.143. The van der Waals surface area contributed by atoms with Crippen LogP contribution in [-0.2, 0) is 9.53 Å². The SMILES string of the molecule is CCCCCCCC(O)CCC(=O)OCC. The molecule has 96 valence electrons. The summed E-state index contributed by atoms with van der Waals surface area (Å²) in [6, 6.07) is 0. The highest BCUT2D eigenvalue weighted by atomic mass is 16.5. The second-order valence-corrected chi connectivity index (χ2v) is 4.20. The standard InChI is InChI=1S/C13H26O3/c1-3-5-6-7-8-9-12(14)10-11-13(15)16-4-2/h12,14H,3-11H2,1-2H3. The van der Waals surface area contributed by atoms with Crippen molar-refractivity contribution in [3.8, 4) is 0 Å². The molecule has 0 spiro atoms. The van der Waals surface area contributed by atoms with Crippen LogP contribution < -0.4 is 0 Å². The van der Waals surface area contributed by atoms with Crippen molar-refractivity contribution in [3.05, 3.63) is 0 Å². The number of aliphatic hydroxyl groups is 1. The zero-order valence-corrected chi connectivity index (χ0v) is 10.7. The molecule has 0 fully saturated rings. The van der Waals surface area contributed by atoms with E-state index in [9.17, 15) is 9.90 Å². The fourth-order valence-electron chi connectivity index (χ4n) is 1.65. The van der Waals surface area contributed by atoms with Crippen molar-refractivity contribution in [1.82, 2.24) is 0 Å². The Labute approximate surface area is 99.2 Å². The van der Waals surface area contributed by atoms with Gasteiger partial charge < -0.3 is 9.84 Å². The van der Waals surface area contributed by atoms with Crippen LogP contribution in [-0.4, -0.2) is 23.8 Å². The predicted molar refractivity (Wildman–Crippen MR) is 65.2 cm³/mol. The summed E-state index contributed by atoms with van der Waals surface area (Å²) < 4.78 is 4.80. The van der Waals surface area contributed by atoms with Crippen LogP contribution in [0.5, 0.6) is 0 Å². The normalized spacial score (nSPS) is 12.4. The van der Waals surface area contributed by atoms with E-state index in [1.807, 2.05) is 0 Å². The third kappa shape index (κ3) is 9.97. The maximum absolute atomic E-state index is 11.0. The number of hydrogen-bond donors (Lipinski definition) is 1. The molecule has 0 rings (SSSR count). The second-order valence-electron chi connectivity index (χ2n) is 4.20. The van der Waals surface area contributed by atoms with Crippen molar-refractivity contribution < 1.29 is 14.6 Å². The maximum atomic E-state index is 11.0. The lowest BCUT2D eigenvalue weighted by Gasteiger charge is -2.09. The van der Waals surface area contributed by atoms with Crippen molar-refractivity contribution in [2.75, 3.05) is 6.61 Å². The molecule has 0 aliphatic rings. The molecule has 0 bridgehead atoms. The van der Waals surface area contributed by atoms with Gasteiger partial charge >= 0.3 is 5.97 Å². The molecule has 0 aromatic carbocycles. The summed E-state index contributed by atoms with van der Waals surface area (Å²) in [6.07, 6.45) is 7.35. The van der Waals surface area contributed by atoms with E-state index in [4.69, 9.17) is 4.74 Å². The van der Waals surface area contributed by atoms with Gasteiger partial charge in [0.2, 0.25) is 0 Å². The monoisotopic (exact) mass is 230 g/mol. The highest BCUT2D eigenvalue weighted by molar-refractivity contribution is 5.69. The summed E-state index contributed by atoms with van der Waals surface area (Å²) in [4.78, 5) is 11.0. The van der Waals surface area contributed by atoms with Crippen molar-refractivity contribution in [2.45, 2.75) is 71.3 Å². The van der Waals surface area contributed by atoms with E-state index in [1.54, 1.807) is 6.92 Å². The molecule has 0 aliphatic heterocycles. The molecule has 3 nitrogen and oxygen atoms in total. The number of esters is 1. The molecule has 0 radical (unpaired) electrons. The van der Waals surface area contributed by atoms with Crippen molar-refractivity contribution in [3.63, 3.8) is 0 Å². The van der Waals surface area contributed by atoms with Gasteiger partial charge in [0.25, 0.3) is 0 Å². The van der Waals surface area contributed by atoms with Crippen LogP contribution in [0.15, 0.2) is 0 Å². The average molecular weight is 230 g/mol. The zero-order valence-electron chi connectivity index (χ0n) is 10.7. The number of aliphatic hydroxyl groups excluding tert-OH is 1. The van der Waals surface area contributed by atoms with Gasteiger partial charge in [0.05, 0.1) is 12.7 Å². The molecule has 0 aromatic rings. The summed E-state index contributed by atoms with van der Waals surface area (Å²) in [7, 11) is 0. The molecule has 0 aromatic heterocycles. The number of ether oxygens (including phenoxy) is 1. The first kappa shape index (κ1) is 15.4. The van der Waals surface area contributed by atoms with Crippen LogP contribution in [0.2, 0.25) is 0 Å². The number of unbranched alkanes of at least 4 members (excludes halogenated alkanes) is 4. The number of hydrogen-bond acceptors (Lipinski definition) is 3. The highest BCUT2D eigenvalue weighted by Gasteiger charge is 2.08. The Bertz CT molecular complexity index is 169. The van der Waals surface area contributed by atoms with Crippen LogP contribution in [0.4, 0.5) is 0 Å². The first-order valence-electron chi connectivity index (χ1n) is 6.54. The van der Waals surface area contributed by atoms with Gasteiger partial charge in [-0.3, -0.25) is 4.79 Å². The Morgan fingerprint density at radius 1 is 1.12 bits per heavy atom. The topological polar surface area (TPSA) is 46.5 Å². The van der Waals surface area contributed by atoms with Crippen molar-refractivity contribution in [1.29, 1.82) is 0 Å². The minimum absolute atomic E-state index is 0.201. The maximum Gasteiger partial charge on any atom is 0.305 e. The Morgan fingerprint density at radius 3 is 2.44 bits per heavy atom. The smallest absolute Gasteiger partial charge is 0.305 e. The zero-order chi connectivity index (χ0) is 12.2. The molecule has 0 heterocycles. The van der Waals surface area contributed by atoms with Gasteiger partial charge in [-0.25, -0.2) is 0 Å². The molecule has 1 unspecified atom stereocenters. The van der Waals surface area contributed by atoms with Crippen LogP contribution in [0, 0.1) is 0 Å². The number of rotatable bonds is 10. The number of carbonyl (C=O) groups excluding carboxylic acids is 1. The fraction of sp³-hybridized carbons (Fsp3) is 0.923. The van der Waals surface area contributed by atoms with Crippen LogP contribution in [0.25, 0.3) is 0 Å². The second kappa shape index (κ2) is 10.9. The molecule has 0 aliphatic carbocycles. The summed E-state index contributed by atoms with van der Waals surface area (Å²) in [5.74, 6) is -0.201. The van der Waals surface area contributed by atoms with Crippen LogP contribution in [0.3, 0.4) is 0 Å². The quantitative estimate of drug-likeness (QED) is 0.463. The molecule has 1 N–H and O–H groups in total. The first-order valence-corrected chi connectivity index (χ1v) is 6.54. The van der Waals surface area contributed by atoms with E-state index in [-0.39, 0.29) is 12.1 Å². The van der Waals surface area contributed by atoms with E-state index in [0.29, 0.717) is 19.4 Å². The molecular weight excluding hydrogens is 204 g/mol. The Hall–Kier alpha value is -0.570. The highest BCUT2D eigenvalue weighted by Crippen LogP contribution is 2.10. The number of carbonyl (C=O) groups is 1. The van der Waals surface area contributed by atoms with Gasteiger partial charge in [-0.1, -0.05) is 39.0 Å². The first-order chi connectivity index (χ1) is 7.70. The fourth-order valence-corrected chi connectivity index (χ4v) is 1.65. The van der Waals surface area contributed by atoms with Crippen molar-refractivity contribution in [2.24, 2.45) is 0 Å². The minimum atomic E-state index is -0.342.